The molecule has 3 rings (SSSR count). The normalized spacial score (nSPS) is 12.1. The molecule has 18 heteroatoms. The van der Waals surface area contributed by atoms with Crippen molar-refractivity contribution in [3.8, 4) is 11.1 Å². The Morgan fingerprint density at radius 2 is 0.703 bits per heavy atom. The van der Waals surface area contributed by atoms with E-state index in [0.717, 1.165) is 0 Å². The minimum absolute atomic E-state index is 0.0311. The average molecular weight is 912 g/mol. The molecule has 0 atom stereocenters. The second kappa shape index (κ2) is 40.0. The molecular weight excluding hydrogens is 838 g/mol. The fourth-order valence-corrected chi connectivity index (χ4v) is 6.00. The van der Waals surface area contributed by atoms with Crippen molar-refractivity contribution < 1.29 is 80.6 Å². The van der Waals surface area contributed by atoms with Gasteiger partial charge in [0.25, 0.3) is 0 Å². The maximum atomic E-state index is 12.3. The number of carbonyl (C=O) groups excluding carboxylic acids is 2. The molecule has 364 valence electrons. The zero-order chi connectivity index (χ0) is 45.2. The fourth-order valence-electron chi connectivity index (χ4n) is 6.00. The first-order chi connectivity index (χ1) is 31.7. The van der Waals surface area contributed by atoms with Crippen molar-refractivity contribution in [2.24, 2.45) is 0 Å². The lowest BCUT2D eigenvalue weighted by Gasteiger charge is -2.14. The predicted octanol–water partition coefficient (Wildman–Crippen LogP) is 3.69. The van der Waals surface area contributed by atoms with E-state index in [4.69, 9.17) is 71.1 Å². The third kappa shape index (κ3) is 27.9. The van der Waals surface area contributed by atoms with Crippen molar-refractivity contribution in [1.29, 1.82) is 0 Å². The topological polar surface area (TPSA) is 185 Å². The third-order valence-corrected chi connectivity index (χ3v) is 9.08. The number of carbonyl (C=O) groups is 2. The molecule has 0 aliphatic heterocycles. The molecule has 64 heavy (non-hydrogen) atoms. The minimum Gasteiger partial charge on any atom is -0.466 e. The van der Waals surface area contributed by atoms with Crippen LogP contribution in [0.3, 0.4) is 0 Å². The van der Waals surface area contributed by atoms with Crippen molar-refractivity contribution in [2.75, 3.05) is 192 Å². The average Bonchev–Trinajstić information content (AvgIpc) is 3.63. The van der Waals surface area contributed by atoms with E-state index in [1.54, 1.807) is 6.92 Å². The van der Waals surface area contributed by atoms with Gasteiger partial charge in [-0.3, -0.25) is 4.79 Å². The van der Waals surface area contributed by atoms with Gasteiger partial charge < -0.3 is 76.4 Å². The summed E-state index contributed by atoms with van der Waals surface area (Å²) in [5.41, 5.74) is 4.76. The molecule has 0 saturated carbocycles. The zero-order valence-corrected chi connectivity index (χ0v) is 37.8. The van der Waals surface area contributed by atoms with Gasteiger partial charge in [0.2, 0.25) is 0 Å². The van der Waals surface area contributed by atoms with Crippen LogP contribution < -0.4 is 5.32 Å². The summed E-state index contributed by atoms with van der Waals surface area (Å²) in [4.78, 5) is 23.4. The predicted molar refractivity (Wildman–Crippen MR) is 235 cm³/mol. The summed E-state index contributed by atoms with van der Waals surface area (Å²) in [7, 11) is 0. The van der Waals surface area contributed by atoms with Crippen molar-refractivity contribution in [2.45, 2.75) is 19.3 Å². The van der Waals surface area contributed by atoms with E-state index in [1.807, 2.05) is 24.3 Å². The molecule has 0 unspecified atom stereocenters. The molecule has 0 radical (unpaired) electrons. The molecule has 1 N–H and O–H groups in total. The van der Waals surface area contributed by atoms with Gasteiger partial charge in [-0.15, -0.1) is 0 Å². The van der Waals surface area contributed by atoms with Gasteiger partial charge >= 0.3 is 12.1 Å². The summed E-state index contributed by atoms with van der Waals surface area (Å²) in [6.45, 7) is 14.7. The van der Waals surface area contributed by atoms with E-state index in [1.165, 1.54) is 22.3 Å². The van der Waals surface area contributed by atoms with Crippen LogP contribution in [0.4, 0.5) is 4.79 Å². The first-order valence-electron chi connectivity index (χ1n) is 22.5. The van der Waals surface area contributed by atoms with Crippen molar-refractivity contribution in [1.82, 2.24) is 5.32 Å². The number of hydrogen-bond donors (Lipinski definition) is 1. The molecule has 0 saturated heterocycles. The molecule has 0 fully saturated rings. The molecule has 2 aromatic carbocycles. The minimum atomic E-state index is -0.457. The molecule has 1 amide bonds. The number of amides is 1. The highest BCUT2D eigenvalue weighted by Gasteiger charge is 2.29. The maximum Gasteiger partial charge on any atom is 0.407 e. The number of alkyl carbamates (subject to hydrolysis) is 1. The van der Waals surface area contributed by atoms with Crippen molar-refractivity contribution >= 4 is 12.1 Å². The lowest BCUT2D eigenvalue weighted by atomic mass is 9.98. The van der Waals surface area contributed by atoms with Gasteiger partial charge in [0.05, 0.1) is 185 Å². The van der Waals surface area contributed by atoms with Crippen LogP contribution in [0.25, 0.3) is 11.1 Å². The number of benzene rings is 2. The van der Waals surface area contributed by atoms with Crippen LogP contribution in [0.5, 0.6) is 0 Å². The SMILES string of the molecule is CCOC(=O)CCOCCOCCOCCOCCOCCOCCOCCOCCOCCOCCOCCOCCOCCNC(=O)OCC1c2ccccc2-c2ccccc21. The Hall–Kier alpha value is -3.34. The van der Waals surface area contributed by atoms with Gasteiger partial charge in [-0.1, -0.05) is 48.5 Å². The molecule has 1 aliphatic carbocycles. The highest BCUT2D eigenvalue weighted by Crippen LogP contribution is 2.44. The number of fused-ring (bicyclic) bond motifs is 3. The standard InChI is InChI=1S/C46H73NO17/c1-2-63-45(48)11-13-50-15-17-52-19-21-54-23-25-56-27-29-58-31-33-60-35-37-62-38-36-61-34-32-59-30-28-57-26-24-55-22-20-53-18-16-51-14-12-47-46(49)64-39-44-42-9-5-3-7-40(42)41-8-4-6-10-43(41)44/h3-10,44H,2,11-39H2,1H3,(H,47,49). The second-order valence-corrected chi connectivity index (χ2v) is 13.8. The van der Waals surface area contributed by atoms with Crippen molar-refractivity contribution in [3.63, 3.8) is 0 Å². The maximum absolute atomic E-state index is 12.3. The zero-order valence-electron chi connectivity index (χ0n) is 37.8. The summed E-state index contributed by atoms with van der Waals surface area (Å²) >= 11 is 0. The van der Waals surface area contributed by atoms with Gasteiger partial charge in [0.15, 0.2) is 0 Å². The first kappa shape index (κ1) is 55.0. The molecule has 2 aromatic rings. The third-order valence-electron chi connectivity index (χ3n) is 9.08. The van der Waals surface area contributed by atoms with Crippen LogP contribution in [0.15, 0.2) is 48.5 Å². The Morgan fingerprint density at radius 3 is 1.03 bits per heavy atom. The van der Waals surface area contributed by atoms with Gasteiger partial charge in [-0.2, -0.15) is 0 Å². The van der Waals surface area contributed by atoms with E-state index in [2.05, 4.69) is 29.6 Å². The van der Waals surface area contributed by atoms with E-state index in [-0.39, 0.29) is 24.9 Å². The van der Waals surface area contributed by atoms with Crippen LogP contribution in [0.2, 0.25) is 0 Å². The number of esters is 1. The Labute approximate surface area is 378 Å². The van der Waals surface area contributed by atoms with Crippen LogP contribution in [-0.4, -0.2) is 204 Å². The Morgan fingerprint density at radius 1 is 0.406 bits per heavy atom. The van der Waals surface area contributed by atoms with E-state index >= 15 is 0 Å². The second-order valence-electron chi connectivity index (χ2n) is 13.8. The van der Waals surface area contributed by atoms with Crippen LogP contribution in [0.1, 0.15) is 30.4 Å². The molecule has 0 heterocycles. The van der Waals surface area contributed by atoms with E-state index in [9.17, 15) is 9.59 Å². The molecule has 0 aromatic heterocycles. The summed E-state index contributed by atoms with van der Waals surface area (Å²) < 4.78 is 81.6. The van der Waals surface area contributed by atoms with Gasteiger partial charge in [-0.25, -0.2) is 4.79 Å². The summed E-state index contributed by atoms with van der Waals surface area (Å²) in [6, 6.07) is 16.5. The highest BCUT2D eigenvalue weighted by atomic mass is 16.6. The van der Waals surface area contributed by atoms with Crippen molar-refractivity contribution in [3.05, 3.63) is 59.7 Å². The number of nitrogens with one attached hydrogen (secondary N) is 1. The van der Waals surface area contributed by atoms with Crippen LogP contribution in [-0.2, 0) is 75.8 Å². The molecule has 0 spiro atoms. The summed E-state index contributed by atoms with van der Waals surface area (Å²) in [5.74, 6) is -0.225. The van der Waals surface area contributed by atoms with Gasteiger partial charge in [0, 0.05) is 12.5 Å². The summed E-state index contributed by atoms with van der Waals surface area (Å²) in [6.07, 6.45) is -0.207. The fraction of sp³-hybridized carbons (Fsp3) is 0.696. The smallest absolute Gasteiger partial charge is 0.407 e. The molecular formula is C46H73NO17. The Bertz CT molecular complexity index is 1380. The highest BCUT2D eigenvalue weighted by molar-refractivity contribution is 5.79. The monoisotopic (exact) mass is 911 g/mol. The first-order valence-corrected chi connectivity index (χ1v) is 22.5. The van der Waals surface area contributed by atoms with Crippen LogP contribution in [0, 0.1) is 0 Å². The molecule has 1 aliphatic rings. The lowest BCUT2D eigenvalue weighted by Crippen LogP contribution is -2.29. The van der Waals surface area contributed by atoms with Gasteiger partial charge in [-0.05, 0) is 29.2 Å². The molecule has 0 bridgehead atoms. The Balaban J connectivity index is 0.908. The quantitative estimate of drug-likeness (QED) is 0.0749. The summed E-state index contributed by atoms with van der Waals surface area (Å²) in [5, 5.41) is 2.74. The van der Waals surface area contributed by atoms with E-state index < -0.39 is 6.09 Å². The lowest BCUT2D eigenvalue weighted by molar-refractivity contribution is -0.144. The number of rotatable bonds is 45. The van der Waals surface area contributed by atoms with Gasteiger partial charge in [0.1, 0.15) is 6.61 Å². The van der Waals surface area contributed by atoms with E-state index in [0.29, 0.717) is 185 Å². The Kier molecular flexibility index (Phi) is 34.3. The largest absolute Gasteiger partial charge is 0.466 e. The van der Waals surface area contributed by atoms with Crippen LogP contribution >= 0.6 is 0 Å². The number of ether oxygens (including phenoxy) is 15. The molecule has 18 nitrogen and oxygen atoms in total. The number of hydrogen-bond acceptors (Lipinski definition) is 17.